The van der Waals surface area contributed by atoms with Gasteiger partial charge in [0, 0.05) is 19.7 Å². The van der Waals surface area contributed by atoms with Crippen LogP contribution >= 0.6 is 0 Å². The molecule has 0 amide bonds. The van der Waals surface area contributed by atoms with Gasteiger partial charge in [-0.15, -0.1) is 0 Å². The van der Waals surface area contributed by atoms with Gasteiger partial charge in [-0.25, -0.2) is 18.1 Å². The van der Waals surface area contributed by atoms with Gasteiger partial charge in [-0.2, -0.15) is 4.98 Å². The van der Waals surface area contributed by atoms with E-state index in [1.54, 1.807) is 19.1 Å². The van der Waals surface area contributed by atoms with E-state index < -0.39 is 10.0 Å². The lowest BCUT2D eigenvalue weighted by Crippen LogP contribution is -2.25. The Morgan fingerprint density at radius 3 is 2.86 bits per heavy atom. The molecular formula is C12H17N5O3S. The number of aromatic nitrogens is 3. The lowest BCUT2D eigenvalue weighted by Gasteiger charge is -2.10. The first-order valence-electron chi connectivity index (χ1n) is 6.50. The van der Waals surface area contributed by atoms with Gasteiger partial charge < -0.3 is 9.84 Å². The van der Waals surface area contributed by atoms with E-state index in [1.807, 2.05) is 6.92 Å². The molecule has 0 aliphatic carbocycles. The van der Waals surface area contributed by atoms with Gasteiger partial charge in [0.2, 0.25) is 5.89 Å². The zero-order valence-electron chi connectivity index (χ0n) is 11.8. The van der Waals surface area contributed by atoms with Crippen LogP contribution in [-0.2, 0) is 16.6 Å². The molecule has 0 spiro atoms. The van der Waals surface area contributed by atoms with Crippen LogP contribution in [0.15, 0.2) is 27.9 Å². The highest BCUT2D eigenvalue weighted by Gasteiger charge is 2.20. The van der Waals surface area contributed by atoms with E-state index in [9.17, 15) is 8.42 Å². The Bertz CT molecular complexity index is 698. The molecule has 9 heteroatoms. The molecule has 2 aromatic heterocycles. The van der Waals surface area contributed by atoms with Crippen molar-refractivity contribution in [1.29, 1.82) is 0 Å². The summed E-state index contributed by atoms with van der Waals surface area (Å²) in [6.07, 6.45) is 2.31. The monoisotopic (exact) mass is 311 g/mol. The Balaban J connectivity index is 2.15. The summed E-state index contributed by atoms with van der Waals surface area (Å²) in [5.41, 5.74) is 0.469. The molecule has 2 N–H and O–H groups in total. The van der Waals surface area contributed by atoms with Gasteiger partial charge in [-0.3, -0.25) is 0 Å². The molecule has 0 saturated heterocycles. The Labute approximate surface area is 123 Å². The first-order valence-corrected chi connectivity index (χ1v) is 7.99. The highest BCUT2D eigenvalue weighted by Crippen LogP contribution is 2.17. The predicted octanol–water partition coefficient (Wildman–Crippen LogP) is 1.07. The Morgan fingerprint density at radius 2 is 2.19 bits per heavy atom. The Kier molecular flexibility index (Phi) is 4.86. The average Bonchev–Trinajstić information content (AvgIpc) is 2.89. The molecule has 0 radical (unpaired) electrons. The van der Waals surface area contributed by atoms with E-state index >= 15 is 0 Å². The molecule has 0 unspecified atom stereocenters. The van der Waals surface area contributed by atoms with Crippen molar-refractivity contribution >= 4 is 15.7 Å². The smallest absolute Gasteiger partial charge is 0.260 e. The summed E-state index contributed by atoms with van der Waals surface area (Å²) >= 11 is 0. The summed E-state index contributed by atoms with van der Waals surface area (Å²) in [4.78, 5) is 7.88. The van der Waals surface area contributed by atoms with Crippen molar-refractivity contribution in [3.05, 3.63) is 30.0 Å². The molecule has 0 fully saturated rings. The summed E-state index contributed by atoms with van der Waals surface area (Å²) in [5, 5.41) is 6.63. The molecule has 0 aliphatic rings. The summed E-state index contributed by atoms with van der Waals surface area (Å²) in [6.45, 7) is 4.24. The number of nitrogens with one attached hydrogen (secondary N) is 2. The fraction of sp³-hybridized carbons (Fsp3) is 0.417. The highest BCUT2D eigenvalue weighted by atomic mass is 32.2. The number of anilines is 1. The molecule has 0 atom stereocenters. The van der Waals surface area contributed by atoms with E-state index in [-0.39, 0.29) is 17.4 Å². The third-order valence-electron chi connectivity index (χ3n) is 2.58. The molecule has 21 heavy (non-hydrogen) atoms. The molecule has 0 aromatic carbocycles. The number of aryl methyl sites for hydroxylation is 1. The van der Waals surface area contributed by atoms with Crippen molar-refractivity contribution in [2.24, 2.45) is 0 Å². The van der Waals surface area contributed by atoms with Crippen molar-refractivity contribution in [1.82, 2.24) is 19.8 Å². The number of hydrogen-bond acceptors (Lipinski definition) is 7. The molecule has 0 bridgehead atoms. The highest BCUT2D eigenvalue weighted by molar-refractivity contribution is 7.89. The lowest BCUT2D eigenvalue weighted by atomic mass is 10.4. The van der Waals surface area contributed by atoms with Crippen LogP contribution in [0.2, 0.25) is 0 Å². The molecule has 2 heterocycles. The minimum atomic E-state index is -3.76. The maximum atomic E-state index is 12.3. The van der Waals surface area contributed by atoms with Crippen molar-refractivity contribution in [2.45, 2.75) is 31.8 Å². The first-order chi connectivity index (χ1) is 10.0. The second kappa shape index (κ2) is 6.64. The van der Waals surface area contributed by atoms with Gasteiger partial charge in [-0.05, 0) is 18.6 Å². The van der Waals surface area contributed by atoms with Gasteiger partial charge in [0.25, 0.3) is 10.0 Å². The van der Waals surface area contributed by atoms with E-state index in [1.165, 1.54) is 6.20 Å². The predicted molar refractivity (Wildman–Crippen MR) is 76.1 cm³/mol. The van der Waals surface area contributed by atoms with Crippen LogP contribution in [0.4, 0.5) is 5.69 Å². The van der Waals surface area contributed by atoms with Crippen LogP contribution in [0.5, 0.6) is 0 Å². The molecule has 114 valence electrons. The van der Waals surface area contributed by atoms with Crippen molar-refractivity contribution in [3.63, 3.8) is 0 Å². The van der Waals surface area contributed by atoms with Crippen LogP contribution in [0.3, 0.4) is 0 Å². The fourth-order valence-electron chi connectivity index (χ4n) is 1.64. The zero-order chi connectivity index (χ0) is 15.3. The number of rotatable bonds is 7. The zero-order valence-corrected chi connectivity index (χ0v) is 12.6. The van der Waals surface area contributed by atoms with Crippen LogP contribution in [0, 0.1) is 6.92 Å². The molecule has 8 nitrogen and oxygen atoms in total. The number of hydrogen-bond donors (Lipinski definition) is 2. The number of pyridine rings is 1. The maximum absolute atomic E-state index is 12.3. The van der Waals surface area contributed by atoms with Crippen LogP contribution in [0.25, 0.3) is 0 Å². The van der Waals surface area contributed by atoms with E-state index in [4.69, 9.17) is 4.52 Å². The van der Waals surface area contributed by atoms with Crippen molar-refractivity contribution < 1.29 is 12.9 Å². The average molecular weight is 311 g/mol. The molecular weight excluding hydrogens is 294 g/mol. The third kappa shape index (κ3) is 3.99. The first kappa shape index (κ1) is 15.4. The van der Waals surface area contributed by atoms with Gasteiger partial charge in [0.1, 0.15) is 0 Å². The Hall–Kier alpha value is -2.00. The van der Waals surface area contributed by atoms with Gasteiger partial charge >= 0.3 is 0 Å². The van der Waals surface area contributed by atoms with Crippen LogP contribution in [0.1, 0.15) is 25.1 Å². The molecule has 2 aromatic rings. The van der Waals surface area contributed by atoms with Crippen LogP contribution < -0.4 is 10.0 Å². The van der Waals surface area contributed by atoms with Gasteiger partial charge in [0.05, 0.1) is 12.2 Å². The topological polar surface area (TPSA) is 110 Å². The minimum absolute atomic E-state index is 0.0429. The lowest BCUT2D eigenvalue weighted by molar-refractivity contribution is 0.387. The van der Waals surface area contributed by atoms with Gasteiger partial charge in [-0.1, -0.05) is 12.1 Å². The SMILES string of the molecule is CCCNc1cccnc1S(=O)(=O)NCc1noc(C)n1. The third-order valence-corrected chi connectivity index (χ3v) is 3.94. The summed E-state index contributed by atoms with van der Waals surface area (Å²) in [7, 11) is -3.76. The minimum Gasteiger partial charge on any atom is -0.383 e. The standard InChI is InChI=1S/C12H17N5O3S/c1-3-6-13-10-5-4-7-14-12(10)21(18,19)15-8-11-16-9(2)20-17-11/h4-5,7,13,15H,3,6,8H2,1-2H3. The van der Waals surface area contributed by atoms with Crippen molar-refractivity contribution in [2.75, 3.05) is 11.9 Å². The Morgan fingerprint density at radius 1 is 1.38 bits per heavy atom. The van der Waals surface area contributed by atoms with Crippen LogP contribution in [-0.4, -0.2) is 30.1 Å². The molecule has 0 saturated carbocycles. The molecule has 0 aliphatic heterocycles. The van der Waals surface area contributed by atoms with Gasteiger partial charge in [0.15, 0.2) is 10.9 Å². The van der Waals surface area contributed by atoms with E-state index in [0.29, 0.717) is 18.1 Å². The van der Waals surface area contributed by atoms with Crippen molar-refractivity contribution in [3.8, 4) is 0 Å². The van der Waals surface area contributed by atoms with E-state index in [2.05, 4.69) is 25.2 Å². The quantitative estimate of drug-likeness (QED) is 0.787. The maximum Gasteiger partial charge on any atom is 0.260 e. The number of nitrogens with zero attached hydrogens (tertiary/aromatic N) is 3. The number of sulfonamides is 1. The largest absolute Gasteiger partial charge is 0.383 e. The fourth-order valence-corrected chi connectivity index (χ4v) is 2.73. The summed E-state index contributed by atoms with van der Waals surface area (Å²) < 4.78 is 31.8. The second-order valence-electron chi connectivity index (χ2n) is 4.34. The normalized spacial score (nSPS) is 11.5. The van der Waals surface area contributed by atoms with E-state index in [0.717, 1.165) is 6.42 Å². The second-order valence-corrected chi connectivity index (χ2v) is 6.02. The molecule has 2 rings (SSSR count). The summed E-state index contributed by atoms with van der Waals surface area (Å²) in [6, 6.07) is 3.36. The summed E-state index contributed by atoms with van der Waals surface area (Å²) in [5.74, 6) is 0.655.